The van der Waals surface area contributed by atoms with Gasteiger partial charge >= 0.3 is 0 Å². The third-order valence-electron chi connectivity index (χ3n) is 3.47. The van der Waals surface area contributed by atoms with Crippen LogP contribution < -0.4 is 10.2 Å². The van der Waals surface area contributed by atoms with Gasteiger partial charge < -0.3 is 10.2 Å². The summed E-state index contributed by atoms with van der Waals surface area (Å²) in [6.07, 6.45) is 0.805. The minimum Gasteiger partial charge on any atom is -0.363 e. The Bertz CT molecular complexity index is 754. The quantitative estimate of drug-likeness (QED) is 0.881. The zero-order valence-electron chi connectivity index (χ0n) is 14.6. The van der Waals surface area contributed by atoms with Crippen molar-refractivity contribution >= 4 is 11.7 Å². The summed E-state index contributed by atoms with van der Waals surface area (Å²) >= 11 is 0. The molecule has 0 radical (unpaired) electrons. The lowest BCUT2D eigenvalue weighted by atomic mass is 10.1. The van der Waals surface area contributed by atoms with Gasteiger partial charge in [0.1, 0.15) is 11.5 Å². The number of nitrogens with one attached hydrogen (secondary N) is 1. The molecule has 124 valence electrons. The smallest absolute Gasteiger partial charge is 0.217 e. The number of pyridine rings is 1. The van der Waals surface area contributed by atoms with Crippen molar-refractivity contribution in [2.75, 3.05) is 19.0 Å². The molecular formula is C20H23N3O. The van der Waals surface area contributed by atoms with Crippen molar-refractivity contribution in [2.24, 2.45) is 0 Å². The predicted octanol–water partition coefficient (Wildman–Crippen LogP) is 2.61. The number of carbonyl (C=O) groups excluding carboxylic acids is 1. The van der Waals surface area contributed by atoms with Crippen molar-refractivity contribution in [1.29, 1.82) is 0 Å². The lowest BCUT2D eigenvalue weighted by molar-refractivity contribution is -0.119. The number of rotatable bonds is 4. The lowest BCUT2D eigenvalue weighted by Gasteiger charge is -2.12. The first-order chi connectivity index (χ1) is 11.4. The number of hydrogen-bond acceptors (Lipinski definition) is 3. The molecule has 0 saturated carbocycles. The number of carbonyl (C=O) groups is 1. The van der Waals surface area contributed by atoms with Gasteiger partial charge in [0.05, 0.1) is 0 Å². The van der Waals surface area contributed by atoms with Crippen LogP contribution in [0.15, 0.2) is 42.5 Å². The Morgan fingerprint density at radius 1 is 1.17 bits per heavy atom. The minimum absolute atomic E-state index is 0.00237. The van der Waals surface area contributed by atoms with E-state index < -0.39 is 0 Å². The van der Waals surface area contributed by atoms with Crippen LogP contribution in [-0.2, 0) is 11.2 Å². The van der Waals surface area contributed by atoms with Gasteiger partial charge in [-0.15, -0.1) is 0 Å². The van der Waals surface area contributed by atoms with E-state index in [0.717, 1.165) is 23.5 Å². The summed E-state index contributed by atoms with van der Waals surface area (Å²) in [7, 11) is 3.92. The maximum atomic E-state index is 11.0. The largest absolute Gasteiger partial charge is 0.363 e. The third kappa shape index (κ3) is 5.44. The van der Waals surface area contributed by atoms with Gasteiger partial charge in [0.2, 0.25) is 5.91 Å². The fourth-order valence-corrected chi connectivity index (χ4v) is 2.35. The molecule has 1 heterocycles. The van der Waals surface area contributed by atoms with Crippen LogP contribution in [0, 0.1) is 11.8 Å². The highest BCUT2D eigenvalue weighted by Gasteiger charge is 2.04. The SMILES string of the molecule is CC(=O)NC(C)Cc1ccc(C#Cc2cccc(N(C)C)n2)cc1. The number of benzene rings is 1. The summed E-state index contributed by atoms with van der Waals surface area (Å²) in [5, 5.41) is 2.89. The zero-order valence-corrected chi connectivity index (χ0v) is 14.6. The van der Waals surface area contributed by atoms with Crippen LogP contribution in [0.3, 0.4) is 0 Å². The standard InChI is InChI=1S/C20H23N3O/c1-15(21-16(2)24)14-18-10-8-17(9-11-18)12-13-19-6-5-7-20(22-19)23(3)4/h5-11,15H,14H2,1-4H3,(H,21,24). The van der Waals surface area contributed by atoms with E-state index >= 15 is 0 Å². The summed E-state index contributed by atoms with van der Waals surface area (Å²) in [5.41, 5.74) is 2.88. The topological polar surface area (TPSA) is 45.2 Å². The Hall–Kier alpha value is -2.80. The van der Waals surface area contributed by atoms with Crippen molar-refractivity contribution in [3.63, 3.8) is 0 Å². The van der Waals surface area contributed by atoms with Crippen molar-refractivity contribution in [3.8, 4) is 11.8 Å². The molecule has 4 nitrogen and oxygen atoms in total. The maximum Gasteiger partial charge on any atom is 0.217 e. The third-order valence-corrected chi connectivity index (χ3v) is 3.47. The number of aromatic nitrogens is 1. The van der Waals surface area contributed by atoms with Gasteiger partial charge in [-0.05, 0) is 49.1 Å². The van der Waals surface area contributed by atoms with E-state index in [1.165, 1.54) is 12.5 Å². The Morgan fingerprint density at radius 3 is 2.50 bits per heavy atom. The van der Waals surface area contributed by atoms with Crippen LogP contribution in [0.4, 0.5) is 5.82 Å². The molecule has 24 heavy (non-hydrogen) atoms. The Kier molecular flexibility index (Phi) is 5.97. The molecule has 0 fully saturated rings. The molecule has 0 spiro atoms. The second-order valence-electron chi connectivity index (χ2n) is 6.03. The molecule has 0 saturated heterocycles. The highest BCUT2D eigenvalue weighted by molar-refractivity contribution is 5.73. The molecule has 2 rings (SSSR count). The average Bonchev–Trinajstić information content (AvgIpc) is 2.53. The van der Waals surface area contributed by atoms with E-state index in [1.54, 1.807) is 0 Å². The van der Waals surface area contributed by atoms with Crippen LogP contribution in [0.2, 0.25) is 0 Å². The van der Waals surface area contributed by atoms with Gasteiger partial charge in [0, 0.05) is 32.6 Å². The highest BCUT2D eigenvalue weighted by Crippen LogP contribution is 2.08. The molecule has 0 aliphatic carbocycles. The number of nitrogens with zero attached hydrogens (tertiary/aromatic N) is 2. The van der Waals surface area contributed by atoms with Crippen LogP contribution in [0.1, 0.15) is 30.7 Å². The minimum atomic E-state index is -0.00237. The Morgan fingerprint density at radius 2 is 1.88 bits per heavy atom. The van der Waals surface area contributed by atoms with E-state index in [4.69, 9.17) is 0 Å². The second-order valence-corrected chi connectivity index (χ2v) is 6.03. The Balaban J connectivity index is 2.04. The number of amides is 1. The normalized spacial score (nSPS) is 11.2. The molecule has 1 atom stereocenters. The summed E-state index contributed by atoms with van der Waals surface area (Å²) in [5.74, 6) is 7.13. The molecule has 1 amide bonds. The molecule has 0 bridgehead atoms. The fourth-order valence-electron chi connectivity index (χ4n) is 2.35. The van der Waals surface area contributed by atoms with Gasteiger partial charge in [0.15, 0.2) is 0 Å². The molecule has 2 aromatic rings. The monoisotopic (exact) mass is 321 g/mol. The average molecular weight is 321 g/mol. The van der Waals surface area contributed by atoms with Crippen LogP contribution in [0.25, 0.3) is 0 Å². The van der Waals surface area contributed by atoms with E-state index in [1.807, 2.05) is 68.4 Å². The summed E-state index contributed by atoms with van der Waals surface area (Å²) in [4.78, 5) is 17.5. The molecule has 1 aromatic heterocycles. The van der Waals surface area contributed by atoms with Gasteiger partial charge in [-0.25, -0.2) is 4.98 Å². The Labute approximate surface area is 143 Å². The van der Waals surface area contributed by atoms with Gasteiger partial charge in [-0.1, -0.05) is 24.1 Å². The van der Waals surface area contributed by atoms with Crippen LogP contribution in [-0.4, -0.2) is 31.0 Å². The van der Waals surface area contributed by atoms with Crippen molar-refractivity contribution in [1.82, 2.24) is 10.3 Å². The number of hydrogen-bond donors (Lipinski definition) is 1. The highest BCUT2D eigenvalue weighted by atomic mass is 16.1. The fraction of sp³-hybridized carbons (Fsp3) is 0.300. The number of anilines is 1. The lowest BCUT2D eigenvalue weighted by Crippen LogP contribution is -2.31. The summed E-state index contributed by atoms with van der Waals surface area (Å²) in [6, 6.07) is 14.0. The van der Waals surface area contributed by atoms with Crippen LogP contribution in [0.5, 0.6) is 0 Å². The molecule has 4 heteroatoms. The molecule has 0 aliphatic heterocycles. The van der Waals surface area contributed by atoms with E-state index in [9.17, 15) is 4.79 Å². The van der Waals surface area contributed by atoms with Crippen LogP contribution >= 0.6 is 0 Å². The zero-order chi connectivity index (χ0) is 17.5. The first kappa shape index (κ1) is 17.6. The van der Waals surface area contributed by atoms with E-state index in [0.29, 0.717) is 0 Å². The molecule has 1 N–H and O–H groups in total. The van der Waals surface area contributed by atoms with E-state index in [-0.39, 0.29) is 11.9 Å². The van der Waals surface area contributed by atoms with Gasteiger partial charge in [0.25, 0.3) is 0 Å². The molecular weight excluding hydrogens is 298 g/mol. The van der Waals surface area contributed by atoms with Crippen molar-refractivity contribution in [2.45, 2.75) is 26.3 Å². The van der Waals surface area contributed by atoms with Gasteiger partial charge in [-0.3, -0.25) is 4.79 Å². The molecule has 0 aliphatic rings. The first-order valence-corrected chi connectivity index (χ1v) is 7.96. The summed E-state index contributed by atoms with van der Waals surface area (Å²) < 4.78 is 0. The van der Waals surface area contributed by atoms with Crippen molar-refractivity contribution in [3.05, 3.63) is 59.3 Å². The van der Waals surface area contributed by atoms with Crippen molar-refractivity contribution < 1.29 is 4.79 Å². The van der Waals surface area contributed by atoms with Gasteiger partial charge in [-0.2, -0.15) is 0 Å². The molecule has 1 aromatic carbocycles. The summed E-state index contributed by atoms with van der Waals surface area (Å²) in [6.45, 7) is 3.53. The first-order valence-electron chi connectivity index (χ1n) is 7.96. The molecule has 1 unspecified atom stereocenters. The second kappa shape index (κ2) is 8.16. The van der Waals surface area contributed by atoms with E-state index in [2.05, 4.69) is 22.1 Å². The maximum absolute atomic E-state index is 11.0. The predicted molar refractivity (Wildman–Crippen MR) is 98.0 cm³/mol.